The van der Waals surface area contributed by atoms with Gasteiger partial charge < -0.3 is 14.4 Å². The van der Waals surface area contributed by atoms with Crippen molar-refractivity contribution in [3.05, 3.63) is 23.9 Å². The Kier molecular flexibility index (Phi) is 3.98. The average molecular weight is 383 g/mol. The quantitative estimate of drug-likeness (QED) is 0.707. The van der Waals surface area contributed by atoms with Crippen molar-refractivity contribution < 1.29 is 19.1 Å². The number of piperidine rings is 1. The fraction of sp³-hybridized carbons (Fsp3) is 0.571. The second-order valence-corrected chi connectivity index (χ2v) is 8.52. The smallest absolute Gasteiger partial charge is 0.244 e. The van der Waals surface area contributed by atoms with Crippen molar-refractivity contribution in [3.8, 4) is 5.75 Å². The van der Waals surface area contributed by atoms with E-state index < -0.39 is 0 Å². The van der Waals surface area contributed by atoms with Gasteiger partial charge in [-0.05, 0) is 24.3 Å². The molecule has 2 unspecified atom stereocenters. The van der Waals surface area contributed by atoms with E-state index in [0.717, 1.165) is 30.2 Å². The normalized spacial score (nSPS) is 29.9. The van der Waals surface area contributed by atoms with Gasteiger partial charge in [-0.2, -0.15) is 5.10 Å². The minimum absolute atomic E-state index is 0.0355. The van der Waals surface area contributed by atoms with Crippen molar-refractivity contribution in [3.63, 3.8) is 0 Å². The second kappa shape index (κ2) is 6.30. The molecule has 28 heavy (non-hydrogen) atoms. The molecule has 1 amide bonds. The Hall–Kier alpha value is -2.41. The molecule has 148 valence electrons. The van der Waals surface area contributed by atoms with Crippen LogP contribution in [0.4, 0.5) is 0 Å². The zero-order valence-corrected chi connectivity index (χ0v) is 16.3. The lowest BCUT2D eigenvalue weighted by atomic mass is 10.0. The minimum Gasteiger partial charge on any atom is -0.491 e. The van der Waals surface area contributed by atoms with E-state index in [4.69, 9.17) is 9.47 Å². The number of fused-ring (bicyclic) bond motifs is 3. The molecule has 3 aliphatic rings. The van der Waals surface area contributed by atoms with Crippen LogP contribution in [0.15, 0.2) is 18.2 Å². The molecule has 1 saturated carbocycles. The number of aromatic nitrogens is 2. The topological polar surface area (TPSA) is 73.7 Å². The number of carbonyl (C=O) groups excluding carboxylic acids is 2. The predicted octanol–water partition coefficient (Wildman–Crippen LogP) is 2.42. The molecular weight excluding hydrogens is 358 g/mol. The molecule has 0 radical (unpaired) electrons. The molecule has 1 aromatic heterocycles. The maximum atomic E-state index is 13.3. The maximum absolute atomic E-state index is 13.3. The van der Waals surface area contributed by atoms with E-state index in [1.807, 2.05) is 23.1 Å². The summed E-state index contributed by atoms with van der Waals surface area (Å²) in [7, 11) is 0. The summed E-state index contributed by atoms with van der Waals surface area (Å²) in [5.41, 5.74) is 1.33. The SMILES string of the molecule is CC(=O)c1nn2c3c(cccc13)OCCCOCC1CC3(C)C[C@H]3N1C(=O)C2. The number of hydrogen-bond donors (Lipinski definition) is 0. The zero-order chi connectivity index (χ0) is 19.5. The molecule has 5 rings (SSSR count). The van der Waals surface area contributed by atoms with E-state index in [1.165, 1.54) is 6.92 Å². The average Bonchev–Trinajstić information content (AvgIpc) is 3.03. The van der Waals surface area contributed by atoms with Gasteiger partial charge >= 0.3 is 0 Å². The first-order valence-corrected chi connectivity index (χ1v) is 10.00. The molecule has 0 bridgehead atoms. The van der Waals surface area contributed by atoms with Crippen LogP contribution in [-0.4, -0.2) is 58.3 Å². The summed E-state index contributed by atoms with van der Waals surface area (Å²) in [6, 6.07) is 6.00. The number of ketones is 1. The van der Waals surface area contributed by atoms with Gasteiger partial charge in [-0.25, -0.2) is 0 Å². The highest BCUT2D eigenvalue weighted by Gasteiger charge is 2.62. The predicted molar refractivity (Wildman–Crippen MR) is 102 cm³/mol. The number of ether oxygens (including phenoxy) is 2. The summed E-state index contributed by atoms with van der Waals surface area (Å²) in [5.74, 6) is 0.573. The Morgan fingerprint density at radius 1 is 1.29 bits per heavy atom. The van der Waals surface area contributed by atoms with Crippen LogP contribution in [0, 0.1) is 5.41 Å². The summed E-state index contributed by atoms with van der Waals surface area (Å²) in [6.07, 6.45) is 2.82. The first-order chi connectivity index (χ1) is 13.5. The largest absolute Gasteiger partial charge is 0.491 e. The molecule has 2 fully saturated rings. The molecule has 7 heteroatoms. The second-order valence-electron chi connectivity index (χ2n) is 8.52. The van der Waals surface area contributed by atoms with Gasteiger partial charge in [0.2, 0.25) is 5.91 Å². The van der Waals surface area contributed by atoms with E-state index in [1.54, 1.807) is 4.68 Å². The van der Waals surface area contributed by atoms with Crippen LogP contribution in [0.25, 0.3) is 10.9 Å². The van der Waals surface area contributed by atoms with Crippen molar-refractivity contribution in [2.45, 2.75) is 51.7 Å². The Labute approximate surface area is 163 Å². The van der Waals surface area contributed by atoms with Gasteiger partial charge in [0.1, 0.15) is 23.5 Å². The van der Waals surface area contributed by atoms with Gasteiger partial charge in [0.15, 0.2) is 5.78 Å². The van der Waals surface area contributed by atoms with Crippen LogP contribution < -0.4 is 4.74 Å². The van der Waals surface area contributed by atoms with Gasteiger partial charge in [-0.15, -0.1) is 0 Å². The minimum atomic E-state index is -0.114. The highest BCUT2D eigenvalue weighted by molar-refractivity contribution is 6.06. The van der Waals surface area contributed by atoms with Crippen LogP contribution in [0.1, 0.15) is 43.6 Å². The van der Waals surface area contributed by atoms with Crippen molar-refractivity contribution in [1.29, 1.82) is 0 Å². The molecule has 1 aliphatic carbocycles. The van der Waals surface area contributed by atoms with Crippen LogP contribution in [0.2, 0.25) is 0 Å². The highest BCUT2D eigenvalue weighted by Crippen LogP contribution is 2.59. The lowest BCUT2D eigenvalue weighted by Gasteiger charge is -2.27. The third-order valence-electron chi connectivity index (χ3n) is 6.38. The number of Topliss-reactive ketones (excluding diaryl/α,β-unsaturated/α-hetero) is 1. The molecule has 1 saturated heterocycles. The zero-order valence-electron chi connectivity index (χ0n) is 16.3. The third kappa shape index (κ3) is 2.71. The van der Waals surface area contributed by atoms with E-state index in [-0.39, 0.29) is 29.7 Å². The molecule has 3 heterocycles. The number of amides is 1. The highest BCUT2D eigenvalue weighted by atomic mass is 16.5. The summed E-state index contributed by atoms with van der Waals surface area (Å²) in [4.78, 5) is 27.4. The number of nitrogens with zero attached hydrogens (tertiary/aromatic N) is 3. The number of para-hydroxylation sites is 1. The van der Waals surface area contributed by atoms with Crippen LogP contribution in [0.5, 0.6) is 5.75 Å². The van der Waals surface area contributed by atoms with Crippen molar-refractivity contribution in [2.24, 2.45) is 5.41 Å². The van der Waals surface area contributed by atoms with Crippen LogP contribution >= 0.6 is 0 Å². The standard InChI is InChI=1S/C21H25N3O4/c1-13(25)19-15-5-3-6-16-20(15)23(22-19)11-18(26)24-14(9-21(2)10-17(21)24)12-27-7-4-8-28-16/h3,5-6,14,17H,4,7-12H2,1-2H3/t14?,17-,21?/m1/s1. The van der Waals surface area contributed by atoms with Gasteiger partial charge in [-0.1, -0.05) is 19.1 Å². The molecule has 0 N–H and O–H groups in total. The van der Waals surface area contributed by atoms with E-state index in [9.17, 15) is 9.59 Å². The number of rotatable bonds is 1. The lowest BCUT2D eigenvalue weighted by molar-refractivity contribution is -0.135. The summed E-state index contributed by atoms with van der Waals surface area (Å²) >= 11 is 0. The molecule has 3 atom stereocenters. The molecule has 0 spiro atoms. The summed E-state index contributed by atoms with van der Waals surface area (Å²) < 4.78 is 13.5. The molecule has 2 aromatic rings. The maximum Gasteiger partial charge on any atom is 0.244 e. The van der Waals surface area contributed by atoms with Crippen molar-refractivity contribution >= 4 is 22.6 Å². The Morgan fingerprint density at radius 3 is 2.96 bits per heavy atom. The Morgan fingerprint density at radius 2 is 2.14 bits per heavy atom. The van der Waals surface area contributed by atoms with Gasteiger partial charge in [0, 0.05) is 31.4 Å². The fourth-order valence-corrected chi connectivity index (χ4v) is 4.91. The van der Waals surface area contributed by atoms with Crippen molar-refractivity contribution in [2.75, 3.05) is 19.8 Å². The first-order valence-electron chi connectivity index (χ1n) is 10.00. The van der Waals surface area contributed by atoms with Crippen molar-refractivity contribution in [1.82, 2.24) is 14.7 Å². The van der Waals surface area contributed by atoms with E-state index in [2.05, 4.69) is 12.0 Å². The fourth-order valence-electron chi connectivity index (χ4n) is 4.91. The third-order valence-corrected chi connectivity index (χ3v) is 6.38. The molecule has 1 aromatic carbocycles. The lowest BCUT2D eigenvalue weighted by Crippen LogP contribution is -2.43. The Bertz CT molecular complexity index is 968. The van der Waals surface area contributed by atoms with Crippen LogP contribution in [-0.2, 0) is 16.1 Å². The number of carbonyl (C=O) groups is 2. The molecule has 2 aliphatic heterocycles. The Balaban J connectivity index is 1.58. The van der Waals surface area contributed by atoms with Gasteiger partial charge in [0.25, 0.3) is 0 Å². The summed E-state index contributed by atoms with van der Waals surface area (Å²) in [6.45, 7) is 5.55. The van der Waals surface area contributed by atoms with E-state index in [0.29, 0.717) is 37.3 Å². The van der Waals surface area contributed by atoms with Gasteiger partial charge in [-0.3, -0.25) is 14.3 Å². The monoisotopic (exact) mass is 383 g/mol. The molecular formula is C21H25N3O4. The first kappa shape index (κ1) is 17.7. The number of benzene rings is 1. The van der Waals surface area contributed by atoms with Crippen LogP contribution in [0.3, 0.4) is 0 Å². The number of hydrogen-bond acceptors (Lipinski definition) is 5. The van der Waals surface area contributed by atoms with Gasteiger partial charge in [0.05, 0.1) is 19.3 Å². The molecule has 7 nitrogen and oxygen atoms in total. The van der Waals surface area contributed by atoms with E-state index >= 15 is 0 Å². The summed E-state index contributed by atoms with van der Waals surface area (Å²) in [5, 5.41) is 5.23.